The van der Waals surface area contributed by atoms with E-state index in [1.54, 1.807) is 12.3 Å². The molecule has 3 N–H and O–H groups in total. The number of anilines is 6. The quantitative estimate of drug-likeness (QED) is 0.125. The molecular weight excluding hydrogens is 802 g/mol. The number of amides is 4. The van der Waals surface area contributed by atoms with E-state index in [-0.39, 0.29) is 29.6 Å². The number of likely N-dealkylation sites (tertiary alicyclic amines) is 1. The van der Waals surface area contributed by atoms with Crippen LogP contribution >= 0.6 is 22.9 Å². The molecule has 2 aromatic carbocycles. The van der Waals surface area contributed by atoms with Gasteiger partial charge in [0.15, 0.2) is 5.13 Å². The fourth-order valence-corrected chi connectivity index (χ4v) is 9.34. The third-order valence-electron chi connectivity index (χ3n) is 12.0. The number of piperazine rings is 1. The predicted molar refractivity (Wildman–Crippen MR) is 238 cm³/mol. The Hall–Kier alpha value is -5.32. The zero-order chi connectivity index (χ0) is 42.2. The summed E-state index contributed by atoms with van der Waals surface area (Å²) in [6.45, 7) is 12.3. The summed E-state index contributed by atoms with van der Waals surface area (Å²) in [6, 6.07) is 15.8. The van der Waals surface area contributed by atoms with Crippen molar-refractivity contribution in [3.8, 4) is 0 Å². The first-order valence-corrected chi connectivity index (χ1v) is 21.9. The number of rotatable bonds is 15. The molecule has 0 bridgehead atoms. The number of para-hydroxylation sites is 1. The van der Waals surface area contributed by atoms with Crippen LogP contribution in [0.15, 0.2) is 54.7 Å². The standard InChI is InChI=1S/C43H54ClN11O4S/c1-30-6-4-7-34(44)40(30)50-41(59)35-27-45-42(60-35)49-36-26-37(48-31(2)47-36)54-24-22-52(23-25-54)17-5-8-39(58)55-21-16-43(28-55)14-19-53(20-15-43)33-11-9-32(10-12-33)51(3)18-13-38(57)46-29-56/h4,6-7,9-12,26-27,29H,5,8,13-25,28H2,1-3H3,(H,50,59)(H,46,56,57)(H,45,47,48,49). The van der Waals surface area contributed by atoms with Crippen molar-refractivity contribution in [1.82, 2.24) is 30.1 Å². The third-order valence-corrected chi connectivity index (χ3v) is 13.2. The molecule has 0 atom stereocenters. The van der Waals surface area contributed by atoms with Crippen LogP contribution in [-0.4, -0.2) is 121 Å². The lowest BCUT2D eigenvalue weighted by Crippen LogP contribution is -2.47. The lowest BCUT2D eigenvalue weighted by molar-refractivity contribution is -0.131. The number of carbonyl (C=O) groups excluding carboxylic acids is 4. The Bertz CT molecular complexity index is 2130. The Morgan fingerprint density at radius 2 is 1.68 bits per heavy atom. The van der Waals surface area contributed by atoms with Crippen molar-refractivity contribution < 1.29 is 19.2 Å². The summed E-state index contributed by atoms with van der Waals surface area (Å²) in [4.78, 5) is 73.8. The minimum absolute atomic E-state index is 0.205. The molecular formula is C43H54ClN11O4S. The molecule has 3 aliphatic rings. The van der Waals surface area contributed by atoms with E-state index >= 15 is 0 Å². The van der Waals surface area contributed by atoms with Crippen LogP contribution in [0.5, 0.6) is 0 Å². The van der Waals surface area contributed by atoms with E-state index in [2.05, 4.69) is 69.8 Å². The van der Waals surface area contributed by atoms with Gasteiger partial charge in [-0.25, -0.2) is 15.0 Å². The SMILES string of the molecule is Cc1nc(Nc2ncc(C(=O)Nc3c(C)cccc3Cl)s2)cc(N2CCN(CCCC(=O)N3CCC4(CCN(c5ccc(N(C)CCC(=O)NC=O)cc5)CC4)C3)CC2)n1. The second-order valence-electron chi connectivity index (χ2n) is 16.1. The Morgan fingerprint density at radius 1 is 0.933 bits per heavy atom. The molecule has 3 fully saturated rings. The number of halogens is 1. The van der Waals surface area contributed by atoms with Crippen LogP contribution in [0.4, 0.5) is 33.8 Å². The second kappa shape index (κ2) is 19.4. The summed E-state index contributed by atoms with van der Waals surface area (Å²) >= 11 is 7.54. The maximum absolute atomic E-state index is 13.4. The van der Waals surface area contributed by atoms with Gasteiger partial charge in [-0.1, -0.05) is 35.1 Å². The first-order chi connectivity index (χ1) is 29.0. The summed E-state index contributed by atoms with van der Waals surface area (Å²) in [7, 11) is 1.94. The molecule has 1 spiro atoms. The number of benzene rings is 2. The summed E-state index contributed by atoms with van der Waals surface area (Å²) in [6.07, 6.45) is 6.86. The largest absolute Gasteiger partial charge is 0.374 e. The van der Waals surface area contributed by atoms with E-state index in [4.69, 9.17) is 16.6 Å². The summed E-state index contributed by atoms with van der Waals surface area (Å²) in [5.41, 5.74) is 3.89. The van der Waals surface area contributed by atoms with Crippen molar-refractivity contribution in [3.63, 3.8) is 0 Å². The maximum Gasteiger partial charge on any atom is 0.267 e. The van der Waals surface area contributed by atoms with Gasteiger partial charge in [0.1, 0.15) is 22.3 Å². The Morgan fingerprint density at radius 3 is 2.42 bits per heavy atom. The molecule has 7 rings (SSSR count). The van der Waals surface area contributed by atoms with Gasteiger partial charge in [-0.2, -0.15) is 0 Å². The average molecular weight is 856 g/mol. The normalized spacial score (nSPS) is 16.5. The van der Waals surface area contributed by atoms with Gasteiger partial charge in [0.05, 0.1) is 16.9 Å². The van der Waals surface area contributed by atoms with E-state index in [0.29, 0.717) is 51.7 Å². The predicted octanol–water partition coefficient (Wildman–Crippen LogP) is 5.72. The number of aryl methyl sites for hydroxylation is 2. The highest BCUT2D eigenvalue weighted by atomic mass is 35.5. The van der Waals surface area contributed by atoms with Crippen molar-refractivity contribution in [2.45, 2.75) is 52.4 Å². The van der Waals surface area contributed by atoms with Crippen molar-refractivity contribution >= 4 is 80.9 Å². The number of hydrogen-bond acceptors (Lipinski definition) is 13. The van der Waals surface area contributed by atoms with E-state index in [9.17, 15) is 19.2 Å². The van der Waals surface area contributed by atoms with Crippen LogP contribution < -0.4 is 30.7 Å². The van der Waals surface area contributed by atoms with E-state index in [1.165, 1.54) is 17.0 Å². The lowest BCUT2D eigenvalue weighted by atomic mass is 9.77. The number of thiazole rings is 1. The van der Waals surface area contributed by atoms with Crippen molar-refractivity contribution in [1.29, 1.82) is 0 Å². The Labute approximate surface area is 360 Å². The second-order valence-corrected chi connectivity index (χ2v) is 17.5. The van der Waals surface area contributed by atoms with Gasteiger partial charge in [0, 0.05) is 96.2 Å². The highest BCUT2D eigenvalue weighted by molar-refractivity contribution is 7.17. The van der Waals surface area contributed by atoms with Crippen molar-refractivity contribution in [2.75, 3.05) is 97.8 Å². The number of nitrogens with zero attached hydrogens (tertiary/aromatic N) is 8. The van der Waals surface area contributed by atoms with Crippen LogP contribution in [0.25, 0.3) is 0 Å². The van der Waals surface area contributed by atoms with Gasteiger partial charge in [0.2, 0.25) is 18.2 Å². The van der Waals surface area contributed by atoms with Gasteiger partial charge in [-0.05, 0) is 87.4 Å². The smallest absolute Gasteiger partial charge is 0.267 e. The number of hydrogen-bond donors (Lipinski definition) is 3. The van der Waals surface area contributed by atoms with Gasteiger partial charge < -0.3 is 30.2 Å². The fourth-order valence-electron chi connectivity index (χ4n) is 8.35. The minimum Gasteiger partial charge on any atom is -0.374 e. The molecule has 17 heteroatoms. The molecule has 0 unspecified atom stereocenters. The highest BCUT2D eigenvalue weighted by Gasteiger charge is 2.42. The van der Waals surface area contributed by atoms with Gasteiger partial charge in [0.25, 0.3) is 5.91 Å². The van der Waals surface area contributed by atoms with Crippen LogP contribution in [-0.2, 0) is 14.4 Å². The first-order valence-electron chi connectivity index (χ1n) is 20.7. The molecule has 15 nitrogen and oxygen atoms in total. The molecule has 2 aromatic heterocycles. The molecule has 318 valence electrons. The van der Waals surface area contributed by atoms with Gasteiger partial charge in [-0.15, -0.1) is 0 Å². The lowest BCUT2D eigenvalue weighted by Gasteiger charge is -2.40. The molecule has 0 saturated carbocycles. The molecule has 3 saturated heterocycles. The fraction of sp³-hybridized carbons (Fsp3) is 0.465. The molecule has 0 radical (unpaired) electrons. The Balaban J connectivity index is 0.810. The van der Waals surface area contributed by atoms with Crippen LogP contribution in [0.2, 0.25) is 5.02 Å². The first kappa shape index (κ1) is 42.8. The number of carbonyl (C=O) groups is 4. The maximum atomic E-state index is 13.4. The number of aromatic nitrogens is 3. The number of piperidine rings is 1. The van der Waals surface area contributed by atoms with Crippen LogP contribution in [0.1, 0.15) is 59.6 Å². The number of nitrogens with one attached hydrogen (secondary N) is 3. The van der Waals surface area contributed by atoms with Crippen LogP contribution in [0, 0.1) is 19.3 Å². The zero-order valence-corrected chi connectivity index (χ0v) is 36.2. The summed E-state index contributed by atoms with van der Waals surface area (Å²) in [5, 5.41) is 9.37. The van der Waals surface area contributed by atoms with Crippen molar-refractivity contribution in [3.05, 3.63) is 76.0 Å². The molecule has 4 amide bonds. The average Bonchev–Trinajstić information content (AvgIpc) is 3.89. The van der Waals surface area contributed by atoms with Crippen molar-refractivity contribution in [2.24, 2.45) is 5.41 Å². The van der Waals surface area contributed by atoms with Gasteiger partial charge in [-0.3, -0.25) is 29.4 Å². The molecule has 3 aliphatic heterocycles. The summed E-state index contributed by atoms with van der Waals surface area (Å²) < 4.78 is 0. The molecule has 5 heterocycles. The Kier molecular flexibility index (Phi) is 13.8. The van der Waals surface area contributed by atoms with Gasteiger partial charge >= 0.3 is 0 Å². The van der Waals surface area contributed by atoms with E-state index in [1.807, 2.05) is 44.0 Å². The summed E-state index contributed by atoms with van der Waals surface area (Å²) in [5.74, 6) is 1.81. The minimum atomic E-state index is -0.283. The molecule has 4 aromatic rings. The molecule has 60 heavy (non-hydrogen) atoms. The topological polar surface area (TPSA) is 159 Å². The number of imide groups is 1. The third kappa shape index (κ3) is 10.7. The zero-order valence-electron chi connectivity index (χ0n) is 34.6. The van der Waals surface area contributed by atoms with E-state index < -0.39 is 0 Å². The van der Waals surface area contributed by atoms with Crippen LogP contribution in [0.3, 0.4) is 0 Å². The highest BCUT2D eigenvalue weighted by Crippen LogP contribution is 2.42. The monoisotopic (exact) mass is 855 g/mol. The molecule has 0 aliphatic carbocycles. The van der Waals surface area contributed by atoms with E-state index in [0.717, 1.165) is 102 Å².